The molecule has 25 heavy (non-hydrogen) atoms. The number of nitrogens with zero attached hydrogens (tertiary/aromatic N) is 2. The highest BCUT2D eigenvalue weighted by molar-refractivity contribution is 5.94. The van der Waals surface area contributed by atoms with Crippen LogP contribution in [0.15, 0.2) is 24.3 Å². The number of hydrogen-bond acceptors (Lipinski definition) is 5. The summed E-state index contributed by atoms with van der Waals surface area (Å²) in [4.78, 5) is 17.0. The van der Waals surface area contributed by atoms with E-state index in [1.54, 1.807) is 0 Å². The Kier molecular flexibility index (Phi) is 7.23. The summed E-state index contributed by atoms with van der Waals surface area (Å²) in [5, 5.41) is 3.02. The van der Waals surface area contributed by atoms with Gasteiger partial charge in [0.25, 0.3) is 5.91 Å². The fourth-order valence-corrected chi connectivity index (χ4v) is 3.21. The van der Waals surface area contributed by atoms with Gasteiger partial charge < -0.3 is 14.8 Å². The number of hydrogen-bond donors (Lipinski definition) is 1. The summed E-state index contributed by atoms with van der Waals surface area (Å²) < 4.78 is 10.7. The first-order valence-corrected chi connectivity index (χ1v) is 9.28. The molecule has 0 unspecified atom stereocenters. The molecule has 6 heteroatoms. The summed E-state index contributed by atoms with van der Waals surface area (Å²) >= 11 is 0. The number of carbonyl (C=O) groups excluding carboxylic acids is 1. The Hall–Kier alpha value is -1.47. The molecular formula is C19H29N3O3. The van der Waals surface area contributed by atoms with Crippen LogP contribution in [-0.2, 0) is 16.0 Å². The number of carbonyl (C=O) groups is 1. The summed E-state index contributed by atoms with van der Waals surface area (Å²) in [5.74, 6) is 0.0138. The molecule has 0 atom stereocenters. The molecule has 1 N–H and O–H groups in total. The molecule has 0 spiro atoms. The lowest BCUT2D eigenvalue weighted by molar-refractivity contribution is 0.0342. The van der Waals surface area contributed by atoms with Gasteiger partial charge in [-0.1, -0.05) is 12.1 Å². The Morgan fingerprint density at radius 2 is 1.52 bits per heavy atom. The van der Waals surface area contributed by atoms with Crippen molar-refractivity contribution in [3.8, 4) is 0 Å². The molecule has 1 aromatic carbocycles. The quantitative estimate of drug-likeness (QED) is 0.745. The molecule has 2 heterocycles. The van der Waals surface area contributed by atoms with Crippen molar-refractivity contribution in [2.24, 2.45) is 0 Å². The van der Waals surface area contributed by atoms with Crippen LogP contribution in [0.3, 0.4) is 0 Å². The SMILES string of the molecule is O=C(NCCCN1CCOCC1)c1ccc(CN2CCOCC2)cc1. The average molecular weight is 347 g/mol. The van der Waals surface area contributed by atoms with E-state index >= 15 is 0 Å². The van der Waals surface area contributed by atoms with E-state index in [2.05, 4.69) is 27.2 Å². The number of rotatable bonds is 7. The maximum Gasteiger partial charge on any atom is 0.251 e. The fraction of sp³-hybridized carbons (Fsp3) is 0.632. The van der Waals surface area contributed by atoms with Crippen LogP contribution in [0.4, 0.5) is 0 Å². The topological polar surface area (TPSA) is 54.0 Å². The number of amides is 1. The molecule has 6 nitrogen and oxygen atoms in total. The van der Waals surface area contributed by atoms with Crippen LogP contribution in [0.5, 0.6) is 0 Å². The van der Waals surface area contributed by atoms with Crippen molar-refractivity contribution in [3.63, 3.8) is 0 Å². The Morgan fingerprint density at radius 3 is 2.16 bits per heavy atom. The molecule has 2 aliphatic rings. The van der Waals surface area contributed by atoms with E-state index in [9.17, 15) is 4.79 Å². The zero-order chi connectivity index (χ0) is 17.3. The van der Waals surface area contributed by atoms with Crippen molar-refractivity contribution in [3.05, 3.63) is 35.4 Å². The normalized spacial score (nSPS) is 19.7. The predicted octanol–water partition coefficient (Wildman–Crippen LogP) is 0.971. The molecule has 2 fully saturated rings. The third kappa shape index (κ3) is 6.08. The van der Waals surface area contributed by atoms with E-state index in [1.165, 1.54) is 5.56 Å². The highest BCUT2D eigenvalue weighted by atomic mass is 16.5. The van der Waals surface area contributed by atoms with Gasteiger partial charge in [-0.15, -0.1) is 0 Å². The second kappa shape index (κ2) is 9.87. The first kappa shape index (κ1) is 18.3. The van der Waals surface area contributed by atoms with Gasteiger partial charge >= 0.3 is 0 Å². The third-order valence-electron chi connectivity index (χ3n) is 4.77. The van der Waals surface area contributed by atoms with Crippen LogP contribution in [0, 0.1) is 0 Å². The highest BCUT2D eigenvalue weighted by Gasteiger charge is 2.12. The number of nitrogens with one attached hydrogen (secondary N) is 1. The van der Waals surface area contributed by atoms with Gasteiger partial charge in [-0.25, -0.2) is 0 Å². The number of ether oxygens (including phenoxy) is 2. The first-order chi connectivity index (χ1) is 12.3. The Balaban J connectivity index is 1.36. The summed E-state index contributed by atoms with van der Waals surface area (Å²) in [7, 11) is 0. The molecule has 2 saturated heterocycles. The molecule has 2 aliphatic heterocycles. The second-order valence-electron chi connectivity index (χ2n) is 6.65. The lowest BCUT2D eigenvalue weighted by Gasteiger charge is -2.26. The van der Waals surface area contributed by atoms with Crippen molar-refractivity contribution < 1.29 is 14.3 Å². The lowest BCUT2D eigenvalue weighted by Crippen LogP contribution is -2.38. The average Bonchev–Trinajstić information content (AvgIpc) is 2.67. The van der Waals surface area contributed by atoms with E-state index in [1.807, 2.05) is 12.1 Å². The molecule has 1 amide bonds. The van der Waals surface area contributed by atoms with Crippen molar-refractivity contribution in [2.75, 3.05) is 65.7 Å². The third-order valence-corrected chi connectivity index (χ3v) is 4.77. The molecule has 1 aromatic rings. The van der Waals surface area contributed by atoms with Crippen LogP contribution in [0.25, 0.3) is 0 Å². The van der Waals surface area contributed by atoms with Crippen LogP contribution >= 0.6 is 0 Å². The van der Waals surface area contributed by atoms with Gasteiger partial charge in [-0.3, -0.25) is 14.6 Å². The van der Waals surface area contributed by atoms with Crippen molar-refractivity contribution in [1.82, 2.24) is 15.1 Å². The van der Waals surface area contributed by atoms with E-state index < -0.39 is 0 Å². The lowest BCUT2D eigenvalue weighted by atomic mass is 10.1. The smallest absolute Gasteiger partial charge is 0.251 e. The minimum absolute atomic E-state index is 0.0138. The molecule has 138 valence electrons. The predicted molar refractivity (Wildman–Crippen MR) is 96.7 cm³/mol. The summed E-state index contributed by atoms with van der Waals surface area (Å²) in [6.45, 7) is 9.87. The molecular weight excluding hydrogens is 318 g/mol. The Morgan fingerprint density at radius 1 is 0.920 bits per heavy atom. The van der Waals surface area contributed by atoms with Gasteiger partial charge in [0.15, 0.2) is 0 Å². The van der Waals surface area contributed by atoms with Crippen LogP contribution in [0.1, 0.15) is 22.3 Å². The van der Waals surface area contributed by atoms with E-state index in [0.29, 0.717) is 6.54 Å². The van der Waals surface area contributed by atoms with Gasteiger partial charge in [-0.2, -0.15) is 0 Å². The number of morpholine rings is 2. The maximum absolute atomic E-state index is 12.2. The summed E-state index contributed by atoms with van der Waals surface area (Å²) in [5.41, 5.74) is 1.97. The van der Waals surface area contributed by atoms with E-state index in [-0.39, 0.29) is 5.91 Å². The zero-order valence-corrected chi connectivity index (χ0v) is 14.9. The molecule has 0 saturated carbocycles. The maximum atomic E-state index is 12.2. The van der Waals surface area contributed by atoms with E-state index in [0.717, 1.165) is 77.7 Å². The van der Waals surface area contributed by atoms with Gasteiger partial charge in [0.05, 0.1) is 26.4 Å². The minimum Gasteiger partial charge on any atom is -0.379 e. The summed E-state index contributed by atoms with van der Waals surface area (Å²) in [6, 6.07) is 7.95. The second-order valence-corrected chi connectivity index (χ2v) is 6.65. The first-order valence-electron chi connectivity index (χ1n) is 9.28. The largest absolute Gasteiger partial charge is 0.379 e. The van der Waals surface area contributed by atoms with Gasteiger partial charge in [0.1, 0.15) is 0 Å². The van der Waals surface area contributed by atoms with Crippen LogP contribution in [0.2, 0.25) is 0 Å². The monoisotopic (exact) mass is 347 g/mol. The van der Waals surface area contributed by atoms with Crippen molar-refractivity contribution >= 4 is 5.91 Å². The fourth-order valence-electron chi connectivity index (χ4n) is 3.21. The highest BCUT2D eigenvalue weighted by Crippen LogP contribution is 2.09. The zero-order valence-electron chi connectivity index (χ0n) is 14.9. The van der Waals surface area contributed by atoms with E-state index in [4.69, 9.17) is 9.47 Å². The molecule has 3 rings (SSSR count). The molecule has 0 bridgehead atoms. The Bertz CT molecular complexity index is 523. The minimum atomic E-state index is 0.0138. The molecule has 0 radical (unpaired) electrons. The Labute approximate surface area is 150 Å². The molecule has 0 aromatic heterocycles. The van der Waals surface area contributed by atoms with Crippen molar-refractivity contribution in [1.29, 1.82) is 0 Å². The molecule has 0 aliphatic carbocycles. The van der Waals surface area contributed by atoms with Gasteiger partial charge in [0.2, 0.25) is 0 Å². The standard InChI is InChI=1S/C19H29N3O3/c23-19(20-6-1-7-21-8-12-24-13-9-21)18-4-2-17(3-5-18)16-22-10-14-25-15-11-22/h2-5H,1,6-16H2,(H,20,23). The summed E-state index contributed by atoms with van der Waals surface area (Å²) in [6.07, 6.45) is 0.973. The van der Waals surface area contributed by atoms with Crippen LogP contribution in [-0.4, -0.2) is 81.4 Å². The number of benzene rings is 1. The van der Waals surface area contributed by atoms with Gasteiger partial charge in [0, 0.05) is 44.8 Å². The van der Waals surface area contributed by atoms with Crippen LogP contribution < -0.4 is 5.32 Å². The van der Waals surface area contributed by atoms with Crippen molar-refractivity contribution in [2.45, 2.75) is 13.0 Å². The van der Waals surface area contributed by atoms with Gasteiger partial charge in [-0.05, 0) is 30.7 Å².